The maximum absolute atomic E-state index is 11.6. The van der Waals surface area contributed by atoms with Crippen molar-refractivity contribution in [1.82, 2.24) is 5.16 Å². The zero-order chi connectivity index (χ0) is 15.2. The molecule has 0 radical (unpaired) electrons. The van der Waals surface area contributed by atoms with Gasteiger partial charge in [0.15, 0.2) is 5.76 Å². The Balaban J connectivity index is 2.45. The van der Waals surface area contributed by atoms with Gasteiger partial charge in [-0.25, -0.2) is 4.79 Å². The average molecular weight is 311 g/mol. The Hall–Kier alpha value is -2.21. The van der Waals surface area contributed by atoms with Crippen molar-refractivity contribution in [2.45, 2.75) is 12.8 Å². The van der Waals surface area contributed by atoms with Gasteiger partial charge < -0.3 is 14.0 Å². The van der Waals surface area contributed by atoms with Crippen LogP contribution in [0, 0.1) is 0 Å². The highest BCUT2D eigenvalue weighted by Crippen LogP contribution is 2.38. The minimum absolute atomic E-state index is 0.138. The molecule has 1 heterocycles. The van der Waals surface area contributed by atoms with E-state index >= 15 is 0 Å². The van der Waals surface area contributed by atoms with Gasteiger partial charge in [0, 0.05) is 5.56 Å². The van der Waals surface area contributed by atoms with Gasteiger partial charge in [-0.15, -0.1) is 11.6 Å². The summed E-state index contributed by atoms with van der Waals surface area (Å²) in [4.78, 5) is 11.6. The minimum atomic E-state index is -0.534. The molecule has 2 aromatic rings. The quantitative estimate of drug-likeness (QED) is 0.853. The smallest absolute Gasteiger partial charge is 0.411 e. The van der Waals surface area contributed by atoms with Gasteiger partial charge in [-0.2, -0.15) is 0 Å². The molecule has 0 saturated heterocycles. The van der Waals surface area contributed by atoms with Crippen molar-refractivity contribution in [3.05, 3.63) is 30.0 Å². The topological polar surface area (TPSA) is 73.6 Å². The number of carbonyl (C=O) groups excluding carboxylic acids is 1. The van der Waals surface area contributed by atoms with E-state index in [-0.39, 0.29) is 12.5 Å². The molecule has 112 valence electrons. The minimum Gasteiger partial charge on any atom is -0.478 e. The fraction of sp³-hybridized carbons (Fsp3) is 0.286. The highest BCUT2D eigenvalue weighted by molar-refractivity contribution is 6.17. The maximum Gasteiger partial charge on any atom is 0.411 e. The number of alkyl halides is 1. The van der Waals surface area contributed by atoms with Crippen molar-refractivity contribution >= 4 is 23.4 Å². The summed E-state index contributed by atoms with van der Waals surface area (Å²) in [5, 5.41) is 6.49. The lowest BCUT2D eigenvalue weighted by atomic mass is 10.0. The van der Waals surface area contributed by atoms with Gasteiger partial charge in [-0.05, 0) is 18.1 Å². The van der Waals surface area contributed by atoms with Crippen LogP contribution in [0.5, 0.6) is 5.88 Å². The lowest BCUT2D eigenvalue weighted by molar-refractivity contribution is 0.168. The summed E-state index contributed by atoms with van der Waals surface area (Å²) in [5.41, 5.74) is 1.86. The first-order chi connectivity index (χ1) is 10.2. The van der Waals surface area contributed by atoms with Gasteiger partial charge in [0.05, 0.1) is 30.8 Å². The summed E-state index contributed by atoms with van der Waals surface area (Å²) in [6.07, 6.45) is -0.534. The van der Waals surface area contributed by atoms with Gasteiger partial charge in [-0.3, -0.25) is 5.32 Å². The first-order valence-electron chi connectivity index (χ1n) is 6.32. The molecule has 0 aliphatic rings. The van der Waals surface area contributed by atoms with Crippen LogP contribution in [0.15, 0.2) is 28.8 Å². The average Bonchev–Trinajstić information content (AvgIpc) is 2.90. The molecule has 2 rings (SSSR count). The zero-order valence-corrected chi connectivity index (χ0v) is 12.4. The summed E-state index contributed by atoms with van der Waals surface area (Å²) in [6.45, 7) is 2.03. The number of para-hydroxylation sites is 1. The molecule has 7 heteroatoms. The molecule has 0 unspecified atom stereocenters. The van der Waals surface area contributed by atoms with E-state index in [4.69, 9.17) is 25.6 Å². The maximum atomic E-state index is 11.6. The number of halogens is 1. The second-order valence-electron chi connectivity index (χ2n) is 4.01. The van der Waals surface area contributed by atoms with Crippen LogP contribution in [-0.4, -0.2) is 25.0 Å². The SMILES string of the molecule is CCOC(=O)Nc1ccccc1-c1c(OC)noc1CCl. The van der Waals surface area contributed by atoms with Gasteiger partial charge in [0.1, 0.15) is 0 Å². The van der Waals surface area contributed by atoms with E-state index in [1.54, 1.807) is 19.1 Å². The highest BCUT2D eigenvalue weighted by atomic mass is 35.5. The Morgan fingerprint density at radius 2 is 2.19 bits per heavy atom. The number of nitrogens with one attached hydrogen (secondary N) is 1. The number of methoxy groups -OCH3 is 1. The van der Waals surface area contributed by atoms with E-state index in [0.29, 0.717) is 28.5 Å². The van der Waals surface area contributed by atoms with E-state index in [1.807, 2.05) is 12.1 Å². The number of benzene rings is 1. The van der Waals surface area contributed by atoms with E-state index in [2.05, 4.69) is 10.5 Å². The van der Waals surface area contributed by atoms with Crippen LogP contribution in [0.1, 0.15) is 12.7 Å². The molecule has 21 heavy (non-hydrogen) atoms. The number of amides is 1. The van der Waals surface area contributed by atoms with E-state index in [1.165, 1.54) is 7.11 Å². The number of nitrogens with zero attached hydrogens (tertiary/aromatic N) is 1. The molecule has 0 aliphatic heterocycles. The third kappa shape index (κ3) is 3.28. The van der Waals surface area contributed by atoms with Gasteiger partial charge >= 0.3 is 6.09 Å². The number of hydrogen-bond acceptors (Lipinski definition) is 5. The molecule has 1 amide bonds. The number of rotatable bonds is 5. The van der Waals surface area contributed by atoms with Crippen molar-refractivity contribution in [2.75, 3.05) is 19.0 Å². The van der Waals surface area contributed by atoms with Crippen molar-refractivity contribution in [3.63, 3.8) is 0 Å². The second kappa shape index (κ2) is 6.99. The summed E-state index contributed by atoms with van der Waals surface area (Å²) in [5.74, 6) is 0.912. The first kappa shape index (κ1) is 15.2. The van der Waals surface area contributed by atoms with Gasteiger partial charge in [0.2, 0.25) is 0 Å². The van der Waals surface area contributed by atoms with Crippen LogP contribution in [0.3, 0.4) is 0 Å². The molecular weight excluding hydrogens is 296 g/mol. The molecule has 0 atom stereocenters. The lowest BCUT2D eigenvalue weighted by Crippen LogP contribution is -2.14. The van der Waals surface area contributed by atoms with Crippen LogP contribution in [0.25, 0.3) is 11.1 Å². The Kier molecular flexibility index (Phi) is 5.05. The monoisotopic (exact) mass is 310 g/mol. The van der Waals surface area contributed by atoms with Crippen LogP contribution in [0.4, 0.5) is 10.5 Å². The summed E-state index contributed by atoms with van der Waals surface area (Å²) in [7, 11) is 1.49. The third-order valence-electron chi connectivity index (χ3n) is 2.75. The predicted molar refractivity (Wildman–Crippen MR) is 78.7 cm³/mol. The number of hydrogen-bond donors (Lipinski definition) is 1. The van der Waals surface area contributed by atoms with Crippen LogP contribution >= 0.6 is 11.6 Å². The standard InChI is InChI=1S/C14H15ClN2O4/c1-3-20-14(18)16-10-7-5-4-6-9(10)12-11(8-15)21-17-13(12)19-2/h4-7H,3,8H2,1-2H3,(H,16,18). The Labute approximate surface area is 127 Å². The summed E-state index contributed by atoms with van der Waals surface area (Å²) in [6, 6.07) is 7.19. The molecule has 6 nitrogen and oxygen atoms in total. The van der Waals surface area contributed by atoms with E-state index < -0.39 is 6.09 Å². The summed E-state index contributed by atoms with van der Waals surface area (Å²) < 4.78 is 15.2. The normalized spacial score (nSPS) is 10.2. The molecule has 0 bridgehead atoms. The molecular formula is C14H15ClN2O4. The van der Waals surface area contributed by atoms with E-state index in [0.717, 1.165) is 0 Å². The Bertz CT molecular complexity index is 606. The lowest BCUT2D eigenvalue weighted by Gasteiger charge is -2.11. The fourth-order valence-electron chi connectivity index (χ4n) is 1.89. The largest absolute Gasteiger partial charge is 0.478 e. The number of carbonyl (C=O) groups is 1. The molecule has 0 spiro atoms. The highest BCUT2D eigenvalue weighted by Gasteiger charge is 2.21. The second-order valence-corrected chi connectivity index (χ2v) is 4.28. The number of aromatic nitrogens is 1. The van der Waals surface area contributed by atoms with E-state index in [9.17, 15) is 4.79 Å². The van der Waals surface area contributed by atoms with Crippen molar-refractivity contribution in [1.29, 1.82) is 0 Å². The number of anilines is 1. The molecule has 0 aliphatic carbocycles. The molecule has 1 N–H and O–H groups in total. The van der Waals surface area contributed by atoms with Crippen molar-refractivity contribution < 1.29 is 18.8 Å². The van der Waals surface area contributed by atoms with Gasteiger partial charge in [-0.1, -0.05) is 18.2 Å². The van der Waals surface area contributed by atoms with Crippen molar-refractivity contribution in [2.24, 2.45) is 0 Å². The van der Waals surface area contributed by atoms with Crippen LogP contribution < -0.4 is 10.1 Å². The zero-order valence-electron chi connectivity index (χ0n) is 11.7. The Morgan fingerprint density at radius 1 is 1.43 bits per heavy atom. The van der Waals surface area contributed by atoms with Crippen molar-refractivity contribution in [3.8, 4) is 17.0 Å². The number of ether oxygens (including phenoxy) is 2. The molecule has 0 saturated carbocycles. The Morgan fingerprint density at radius 3 is 2.86 bits per heavy atom. The summed E-state index contributed by atoms with van der Waals surface area (Å²) >= 11 is 5.86. The third-order valence-corrected chi connectivity index (χ3v) is 3.00. The molecule has 0 fully saturated rings. The molecule has 1 aromatic carbocycles. The molecule has 1 aromatic heterocycles. The predicted octanol–water partition coefficient (Wildman–Crippen LogP) is 3.66. The van der Waals surface area contributed by atoms with Gasteiger partial charge in [0.25, 0.3) is 5.88 Å². The van der Waals surface area contributed by atoms with Crippen LogP contribution in [-0.2, 0) is 10.6 Å². The fourth-order valence-corrected chi connectivity index (χ4v) is 2.07. The van der Waals surface area contributed by atoms with Crippen LogP contribution in [0.2, 0.25) is 0 Å². The first-order valence-corrected chi connectivity index (χ1v) is 6.86.